The number of rotatable bonds is 5. The number of benzene rings is 7. The first-order chi connectivity index (χ1) is 28.7. The Bertz CT molecular complexity index is 3060. The maximum Gasteiger partial charge on any atom is 0.0361 e. The van der Waals surface area contributed by atoms with Gasteiger partial charge in [0.25, 0.3) is 0 Å². The van der Waals surface area contributed by atoms with Crippen molar-refractivity contribution >= 4 is 64.2 Å². The van der Waals surface area contributed by atoms with E-state index in [9.17, 15) is 0 Å². The van der Waals surface area contributed by atoms with Gasteiger partial charge in [0.1, 0.15) is 0 Å². The lowest BCUT2D eigenvalue weighted by molar-refractivity contribution is 0.0890. The Balaban J connectivity index is 1.04. The van der Waals surface area contributed by atoms with Crippen LogP contribution < -0.4 is 10.4 Å². The molecule has 2 fully saturated rings. The van der Waals surface area contributed by atoms with E-state index >= 15 is 0 Å². The van der Waals surface area contributed by atoms with Crippen molar-refractivity contribution in [1.82, 2.24) is 0 Å². The second-order valence-corrected chi connectivity index (χ2v) is 18.8. The van der Waals surface area contributed by atoms with E-state index in [0.717, 1.165) is 17.8 Å². The summed E-state index contributed by atoms with van der Waals surface area (Å²) in [6, 6.07) is 53.1. The van der Waals surface area contributed by atoms with Crippen molar-refractivity contribution in [2.75, 3.05) is 0 Å². The van der Waals surface area contributed by atoms with E-state index in [1.54, 1.807) is 5.57 Å². The molecule has 0 saturated heterocycles. The second kappa shape index (κ2) is 13.8. The van der Waals surface area contributed by atoms with Gasteiger partial charge in [0, 0.05) is 32.0 Å². The van der Waals surface area contributed by atoms with Crippen LogP contribution in [-0.4, -0.2) is 0 Å². The van der Waals surface area contributed by atoms with E-state index in [1.165, 1.54) is 124 Å². The SMILES string of the molecule is CCC1CC2CCCC(C2)C1C1=c2ccccc2=C(c2ccc3c(c2)sc2ccc(-c4c5ccccc5c(-c5ccccc5)c5ccccc45)cc23)C2C=CC=CC12. The molecule has 0 radical (unpaired) electrons. The first-order valence-corrected chi connectivity index (χ1v) is 22.7. The van der Waals surface area contributed by atoms with Gasteiger partial charge in [-0.1, -0.05) is 177 Å². The maximum atomic E-state index is 2.57. The minimum Gasteiger partial charge on any atom is -0.135 e. The zero-order chi connectivity index (χ0) is 38.3. The van der Waals surface area contributed by atoms with Crippen LogP contribution >= 0.6 is 11.3 Å². The second-order valence-electron chi connectivity index (χ2n) is 17.7. The Morgan fingerprint density at radius 2 is 1.17 bits per heavy atom. The molecule has 12 rings (SSSR count). The predicted molar refractivity (Wildman–Crippen MR) is 249 cm³/mol. The average molecular weight is 765 g/mol. The molecule has 8 aromatic rings. The van der Waals surface area contributed by atoms with Gasteiger partial charge in [0.15, 0.2) is 0 Å². The molecule has 2 bridgehead atoms. The fraction of sp³-hybridized carbons (Fsp3) is 0.228. The number of thiophene rings is 1. The van der Waals surface area contributed by atoms with Gasteiger partial charge >= 0.3 is 0 Å². The fourth-order valence-corrected chi connectivity index (χ4v) is 13.6. The highest BCUT2D eigenvalue weighted by Gasteiger charge is 2.44. The van der Waals surface area contributed by atoms with Crippen molar-refractivity contribution in [3.8, 4) is 22.3 Å². The average Bonchev–Trinajstić information content (AvgIpc) is 3.65. The fourth-order valence-electron chi connectivity index (χ4n) is 12.5. The van der Waals surface area contributed by atoms with Gasteiger partial charge in [0.2, 0.25) is 0 Å². The van der Waals surface area contributed by atoms with E-state index < -0.39 is 0 Å². The molecule has 2 saturated carbocycles. The first-order valence-electron chi connectivity index (χ1n) is 21.9. The summed E-state index contributed by atoms with van der Waals surface area (Å²) in [4.78, 5) is 0. The van der Waals surface area contributed by atoms with Gasteiger partial charge in [0.05, 0.1) is 0 Å². The lowest BCUT2D eigenvalue weighted by Gasteiger charge is -2.49. The summed E-state index contributed by atoms with van der Waals surface area (Å²) >= 11 is 1.95. The van der Waals surface area contributed by atoms with Crippen molar-refractivity contribution in [2.24, 2.45) is 35.5 Å². The topological polar surface area (TPSA) is 0 Å². The van der Waals surface area contributed by atoms with Crippen LogP contribution in [0.15, 0.2) is 164 Å². The van der Waals surface area contributed by atoms with E-state index in [2.05, 4.69) is 171 Å². The number of allylic oxidation sites excluding steroid dienone is 4. The minimum atomic E-state index is 0.354. The highest BCUT2D eigenvalue weighted by molar-refractivity contribution is 7.25. The third-order valence-corrected chi connectivity index (χ3v) is 15.9. The molecule has 0 amide bonds. The zero-order valence-corrected chi connectivity index (χ0v) is 34.0. The summed E-state index contributed by atoms with van der Waals surface area (Å²) in [5, 5.41) is 10.9. The highest BCUT2D eigenvalue weighted by atomic mass is 32.1. The lowest BCUT2D eigenvalue weighted by Crippen LogP contribution is -2.46. The molecular formula is C57H48S. The first kappa shape index (κ1) is 34.5. The maximum absolute atomic E-state index is 2.57. The van der Waals surface area contributed by atoms with Gasteiger partial charge in [-0.25, -0.2) is 0 Å². The van der Waals surface area contributed by atoms with Crippen LogP contribution in [0.25, 0.3) is 75.1 Å². The summed E-state index contributed by atoms with van der Waals surface area (Å²) in [5.74, 6) is 4.04. The van der Waals surface area contributed by atoms with Crippen LogP contribution in [0.2, 0.25) is 0 Å². The molecule has 7 aromatic carbocycles. The Labute approximate surface area is 345 Å². The van der Waals surface area contributed by atoms with Crippen LogP contribution in [0.5, 0.6) is 0 Å². The highest BCUT2D eigenvalue weighted by Crippen LogP contribution is 2.54. The molecule has 6 atom stereocenters. The van der Waals surface area contributed by atoms with Crippen molar-refractivity contribution in [1.29, 1.82) is 0 Å². The molecule has 282 valence electrons. The van der Waals surface area contributed by atoms with Crippen LogP contribution in [-0.2, 0) is 0 Å². The Morgan fingerprint density at radius 1 is 0.517 bits per heavy atom. The Hall–Kier alpha value is -5.50. The Morgan fingerprint density at radius 3 is 1.91 bits per heavy atom. The van der Waals surface area contributed by atoms with Crippen molar-refractivity contribution in [2.45, 2.75) is 45.4 Å². The molecule has 0 aliphatic heterocycles. The molecule has 1 heterocycles. The van der Waals surface area contributed by atoms with E-state index in [1.807, 2.05) is 11.3 Å². The Kier molecular flexibility index (Phi) is 8.23. The summed E-state index contributed by atoms with van der Waals surface area (Å²) in [6.07, 6.45) is 18.2. The zero-order valence-electron chi connectivity index (χ0n) is 33.2. The van der Waals surface area contributed by atoms with Crippen molar-refractivity contribution in [3.05, 3.63) is 180 Å². The quantitative estimate of drug-likeness (QED) is 0.153. The minimum absolute atomic E-state index is 0.354. The summed E-state index contributed by atoms with van der Waals surface area (Å²) < 4.78 is 2.72. The van der Waals surface area contributed by atoms with Gasteiger partial charge in [-0.15, -0.1) is 11.3 Å². The van der Waals surface area contributed by atoms with Crippen LogP contribution in [0.4, 0.5) is 0 Å². The number of hydrogen-bond donors (Lipinski definition) is 0. The molecule has 58 heavy (non-hydrogen) atoms. The van der Waals surface area contributed by atoms with E-state index in [4.69, 9.17) is 0 Å². The van der Waals surface area contributed by atoms with Crippen LogP contribution in [0.3, 0.4) is 0 Å². The molecule has 4 aliphatic carbocycles. The molecule has 1 heteroatoms. The van der Waals surface area contributed by atoms with Gasteiger partial charge in [-0.2, -0.15) is 0 Å². The molecule has 0 N–H and O–H groups in total. The number of fused-ring (bicyclic) bond motifs is 9. The third-order valence-electron chi connectivity index (χ3n) is 14.8. The lowest BCUT2D eigenvalue weighted by atomic mass is 9.55. The molecule has 4 aliphatic rings. The molecule has 0 spiro atoms. The number of hydrogen-bond acceptors (Lipinski definition) is 1. The molecular weight excluding hydrogens is 717 g/mol. The monoisotopic (exact) mass is 764 g/mol. The summed E-state index contributed by atoms with van der Waals surface area (Å²) in [5.41, 5.74) is 9.82. The van der Waals surface area contributed by atoms with E-state index in [0.29, 0.717) is 17.8 Å². The predicted octanol–water partition coefficient (Wildman–Crippen LogP) is 14.3. The third kappa shape index (κ3) is 5.32. The molecule has 0 nitrogen and oxygen atoms in total. The largest absolute Gasteiger partial charge is 0.135 e. The van der Waals surface area contributed by atoms with E-state index in [-0.39, 0.29) is 0 Å². The van der Waals surface area contributed by atoms with Crippen LogP contribution in [0, 0.1) is 35.5 Å². The van der Waals surface area contributed by atoms with Crippen molar-refractivity contribution in [3.63, 3.8) is 0 Å². The van der Waals surface area contributed by atoms with Gasteiger partial charge in [-0.05, 0) is 127 Å². The van der Waals surface area contributed by atoms with Crippen molar-refractivity contribution < 1.29 is 0 Å². The smallest absolute Gasteiger partial charge is 0.0361 e. The standard InChI is InChI=1S/C57H48S/c1-2-36-31-35-15-14-18-38(32-35)53(36)57-48-25-12-10-23-46(48)56(47-24-11-13-26-49(47)57)40-27-29-41-50-33-39(28-30-51(50)58-52(41)34-40)55-44-21-8-6-19-42(44)54(37-16-4-3-5-17-37)43-20-7-9-22-45(43)55/h3-13,16-17,19-30,33-36,38,46,48,53H,2,14-15,18,31-32H2,1H3. The normalized spacial score (nSPS) is 23.8. The summed E-state index contributed by atoms with van der Waals surface area (Å²) in [6.45, 7) is 2.47. The van der Waals surface area contributed by atoms with Gasteiger partial charge < -0.3 is 0 Å². The molecule has 6 unspecified atom stereocenters. The van der Waals surface area contributed by atoms with Crippen LogP contribution in [0.1, 0.15) is 51.0 Å². The summed E-state index contributed by atoms with van der Waals surface area (Å²) in [7, 11) is 0. The van der Waals surface area contributed by atoms with Gasteiger partial charge in [-0.3, -0.25) is 0 Å². The molecule has 1 aromatic heterocycles.